The van der Waals surface area contributed by atoms with Gasteiger partial charge in [0.05, 0.1) is 36.0 Å². The van der Waals surface area contributed by atoms with Crippen LogP contribution in [0.4, 0.5) is 0 Å². The lowest BCUT2D eigenvalue weighted by atomic mass is 9.80. The van der Waals surface area contributed by atoms with E-state index in [0.717, 1.165) is 53.4 Å². The van der Waals surface area contributed by atoms with Gasteiger partial charge in [-0.1, -0.05) is 18.2 Å². The molecule has 0 saturated heterocycles. The maximum absolute atomic E-state index is 10.7. The SMILES string of the molecule is COCCc1nc2cnc3ccccc3c2n1CC1(O)CCC1. The molecule has 1 saturated carbocycles. The molecule has 4 rings (SSSR count). The molecule has 120 valence electrons. The van der Waals surface area contributed by atoms with Gasteiger partial charge in [-0.15, -0.1) is 0 Å². The van der Waals surface area contributed by atoms with Crippen LogP contribution in [-0.2, 0) is 17.7 Å². The molecule has 0 spiro atoms. The number of para-hydroxylation sites is 1. The fraction of sp³-hybridized carbons (Fsp3) is 0.444. The highest BCUT2D eigenvalue weighted by Gasteiger charge is 2.36. The molecule has 23 heavy (non-hydrogen) atoms. The smallest absolute Gasteiger partial charge is 0.112 e. The van der Waals surface area contributed by atoms with Gasteiger partial charge in [0.15, 0.2) is 0 Å². The van der Waals surface area contributed by atoms with Crippen molar-refractivity contribution in [2.75, 3.05) is 13.7 Å². The number of methoxy groups -OCH3 is 1. The van der Waals surface area contributed by atoms with Crippen molar-refractivity contribution in [3.63, 3.8) is 0 Å². The monoisotopic (exact) mass is 311 g/mol. The summed E-state index contributed by atoms with van der Waals surface area (Å²) in [6.45, 7) is 1.21. The topological polar surface area (TPSA) is 60.2 Å². The normalized spacial score (nSPS) is 16.8. The van der Waals surface area contributed by atoms with Crippen LogP contribution in [0.2, 0.25) is 0 Å². The second kappa shape index (κ2) is 5.58. The summed E-state index contributed by atoms with van der Waals surface area (Å²) in [5, 5.41) is 11.8. The van der Waals surface area contributed by atoms with Gasteiger partial charge in [-0.2, -0.15) is 0 Å². The minimum atomic E-state index is -0.597. The van der Waals surface area contributed by atoms with E-state index in [0.29, 0.717) is 13.2 Å². The van der Waals surface area contributed by atoms with Crippen molar-refractivity contribution in [3.05, 3.63) is 36.3 Å². The summed E-state index contributed by atoms with van der Waals surface area (Å²) in [6.07, 6.45) is 5.38. The van der Waals surface area contributed by atoms with Crippen molar-refractivity contribution < 1.29 is 9.84 Å². The minimum absolute atomic E-state index is 0.594. The van der Waals surface area contributed by atoms with E-state index >= 15 is 0 Å². The lowest BCUT2D eigenvalue weighted by molar-refractivity contribution is -0.0470. The maximum atomic E-state index is 10.7. The van der Waals surface area contributed by atoms with Crippen LogP contribution in [0.5, 0.6) is 0 Å². The lowest BCUT2D eigenvalue weighted by Crippen LogP contribution is -2.41. The van der Waals surface area contributed by atoms with Crippen molar-refractivity contribution in [1.29, 1.82) is 0 Å². The second-order valence-electron chi connectivity index (χ2n) is 6.44. The van der Waals surface area contributed by atoms with Crippen molar-refractivity contribution in [2.24, 2.45) is 0 Å². The molecule has 1 aliphatic rings. The largest absolute Gasteiger partial charge is 0.388 e. The summed E-state index contributed by atoms with van der Waals surface area (Å²) in [6, 6.07) is 8.10. The third-order valence-corrected chi connectivity index (χ3v) is 4.83. The molecule has 0 amide bonds. The number of ether oxygens (including phenoxy) is 1. The Bertz CT molecular complexity index is 852. The maximum Gasteiger partial charge on any atom is 0.112 e. The van der Waals surface area contributed by atoms with Crippen molar-refractivity contribution in [3.8, 4) is 0 Å². The van der Waals surface area contributed by atoms with Crippen molar-refractivity contribution in [1.82, 2.24) is 14.5 Å². The molecule has 0 radical (unpaired) electrons. The first kappa shape index (κ1) is 14.6. The van der Waals surface area contributed by atoms with Crippen molar-refractivity contribution >= 4 is 21.9 Å². The molecule has 1 N–H and O–H groups in total. The van der Waals surface area contributed by atoms with Gasteiger partial charge < -0.3 is 14.4 Å². The second-order valence-corrected chi connectivity index (χ2v) is 6.44. The Morgan fingerprint density at radius 3 is 2.83 bits per heavy atom. The van der Waals surface area contributed by atoms with Gasteiger partial charge in [0.1, 0.15) is 11.3 Å². The summed E-state index contributed by atoms with van der Waals surface area (Å²) < 4.78 is 7.40. The summed E-state index contributed by atoms with van der Waals surface area (Å²) in [4.78, 5) is 9.26. The molecule has 2 aromatic heterocycles. The summed E-state index contributed by atoms with van der Waals surface area (Å²) >= 11 is 0. The predicted molar refractivity (Wildman–Crippen MR) is 89.4 cm³/mol. The average molecular weight is 311 g/mol. The van der Waals surface area contributed by atoms with Gasteiger partial charge in [0, 0.05) is 18.9 Å². The third kappa shape index (κ3) is 2.50. The van der Waals surface area contributed by atoms with Crippen LogP contribution in [-0.4, -0.2) is 39.0 Å². The number of pyridine rings is 1. The highest BCUT2D eigenvalue weighted by Crippen LogP contribution is 2.35. The van der Waals surface area contributed by atoms with E-state index < -0.39 is 5.60 Å². The zero-order chi connectivity index (χ0) is 15.9. The van der Waals surface area contributed by atoms with E-state index in [4.69, 9.17) is 9.72 Å². The van der Waals surface area contributed by atoms with Crippen LogP contribution in [0.3, 0.4) is 0 Å². The van der Waals surface area contributed by atoms with Gasteiger partial charge in [-0.05, 0) is 25.3 Å². The number of hydrogen-bond donors (Lipinski definition) is 1. The molecule has 3 aromatic rings. The molecule has 5 heteroatoms. The van der Waals surface area contributed by atoms with Gasteiger partial charge in [0.2, 0.25) is 0 Å². The van der Waals surface area contributed by atoms with Gasteiger partial charge in [-0.25, -0.2) is 4.98 Å². The highest BCUT2D eigenvalue weighted by atomic mass is 16.5. The Hall–Kier alpha value is -1.98. The Balaban J connectivity index is 1.91. The zero-order valence-corrected chi connectivity index (χ0v) is 13.3. The Morgan fingerprint density at radius 2 is 2.09 bits per heavy atom. The fourth-order valence-corrected chi connectivity index (χ4v) is 3.40. The standard InChI is InChI=1S/C18H21N3O2/c1-23-10-7-16-20-15-11-19-14-6-3-2-5-13(14)17(15)21(16)12-18(22)8-4-9-18/h2-3,5-6,11,22H,4,7-10,12H2,1H3. The highest BCUT2D eigenvalue weighted by molar-refractivity contribution is 6.02. The molecule has 2 heterocycles. The van der Waals surface area contributed by atoms with Crippen LogP contribution in [0.25, 0.3) is 21.9 Å². The van der Waals surface area contributed by atoms with Gasteiger partial charge in [-0.3, -0.25) is 4.98 Å². The molecular weight excluding hydrogens is 290 g/mol. The average Bonchev–Trinajstić information content (AvgIpc) is 2.89. The molecule has 5 nitrogen and oxygen atoms in total. The van der Waals surface area contributed by atoms with E-state index in [1.165, 1.54) is 0 Å². The van der Waals surface area contributed by atoms with E-state index in [-0.39, 0.29) is 0 Å². The van der Waals surface area contributed by atoms with E-state index in [2.05, 4.69) is 15.6 Å². The van der Waals surface area contributed by atoms with Crippen LogP contribution in [0.1, 0.15) is 25.1 Å². The molecule has 1 fully saturated rings. The van der Waals surface area contributed by atoms with Gasteiger partial charge in [0.25, 0.3) is 0 Å². The first-order chi connectivity index (χ1) is 11.2. The summed E-state index contributed by atoms with van der Waals surface area (Å²) in [5.41, 5.74) is 2.32. The van der Waals surface area contributed by atoms with Crippen LogP contribution >= 0.6 is 0 Å². The minimum Gasteiger partial charge on any atom is -0.388 e. The van der Waals surface area contributed by atoms with Crippen LogP contribution in [0, 0.1) is 0 Å². The van der Waals surface area contributed by atoms with Gasteiger partial charge >= 0.3 is 0 Å². The zero-order valence-electron chi connectivity index (χ0n) is 13.3. The number of aromatic nitrogens is 3. The number of imidazole rings is 1. The molecule has 0 atom stereocenters. The first-order valence-electron chi connectivity index (χ1n) is 8.14. The number of rotatable bonds is 5. The van der Waals surface area contributed by atoms with E-state index in [1.54, 1.807) is 7.11 Å². The van der Waals surface area contributed by atoms with E-state index in [1.807, 2.05) is 24.4 Å². The fourth-order valence-electron chi connectivity index (χ4n) is 3.40. The summed E-state index contributed by atoms with van der Waals surface area (Å²) in [7, 11) is 1.70. The first-order valence-corrected chi connectivity index (χ1v) is 8.14. The Morgan fingerprint density at radius 1 is 1.26 bits per heavy atom. The Labute approximate surface area is 134 Å². The molecule has 1 aliphatic carbocycles. The summed E-state index contributed by atoms with van der Waals surface area (Å²) in [5.74, 6) is 0.959. The number of aliphatic hydroxyl groups is 1. The number of fused-ring (bicyclic) bond motifs is 3. The molecule has 0 unspecified atom stereocenters. The van der Waals surface area contributed by atoms with Crippen LogP contribution < -0.4 is 0 Å². The van der Waals surface area contributed by atoms with E-state index in [9.17, 15) is 5.11 Å². The molecule has 1 aromatic carbocycles. The number of benzene rings is 1. The molecule has 0 aliphatic heterocycles. The molecule has 0 bridgehead atoms. The Kier molecular flexibility index (Phi) is 3.54. The molecular formula is C18H21N3O2. The number of hydrogen-bond acceptors (Lipinski definition) is 4. The number of nitrogens with zero attached hydrogens (tertiary/aromatic N) is 3. The lowest BCUT2D eigenvalue weighted by Gasteiger charge is -2.37. The quantitative estimate of drug-likeness (QED) is 0.787. The third-order valence-electron chi connectivity index (χ3n) is 4.83. The van der Waals surface area contributed by atoms with Crippen LogP contribution in [0.15, 0.2) is 30.5 Å². The van der Waals surface area contributed by atoms with Crippen molar-refractivity contribution in [2.45, 2.75) is 37.8 Å². The predicted octanol–water partition coefficient (Wildman–Crippen LogP) is 2.69.